The third kappa shape index (κ3) is 3.29. The summed E-state index contributed by atoms with van der Waals surface area (Å²) in [5.41, 5.74) is 2.30. The summed E-state index contributed by atoms with van der Waals surface area (Å²) >= 11 is 1.41. The summed E-state index contributed by atoms with van der Waals surface area (Å²) in [7, 11) is 3.27. The van der Waals surface area contributed by atoms with E-state index in [0.717, 1.165) is 16.5 Å². The molecule has 0 N–H and O–H groups in total. The molecule has 0 amide bonds. The van der Waals surface area contributed by atoms with Crippen molar-refractivity contribution in [2.24, 2.45) is 0 Å². The van der Waals surface area contributed by atoms with E-state index in [1.807, 2.05) is 37.1 Å². The van der Waals surface area contributed by atoms with Crippen LogP contribution in [-0.4, -0.2) is 30.1 Å². The van der Waals surface area contributed by atoms with E-state index in [2.05, 4.69) is 14.7 Å². The molecule has 0 spiro atoms. The minimum absolute atomic E-state index is 0.339. The molecule has 6 heteroatoms. The minimum Gasteiger partial charge on any atom is -0.464 e. The van der Waals surface area contributed by atoms with Gasteiger partial charge in [-0.25, -0.2) is 9.78 Å². The standard InChI is InChI=1S/C13H15N3O2S/c1-9-5-4-6-10(14-9)7-16(2)13-15-11(8-19-13)12(17)18-3/h4-6,8H,7H2,1-3H3. The monoisotopic (exact) mass is 277 g/mol. The van der Waals surface area contributed by atoms with Gasteiger partial charge in [-0.3, -0.25) is 4.98 Å². The second-order valence-corrected chi connectivity index (χ2v) is 4.97. The predicted octanol–water partition coefficient (Wildman–Crippen LogP) is 2.27. The molecule has 5 nitrogen and oxygen atoms in total. The third-order valence-corrected chi connectivity index (χ3v) is 3.51. The maximum atomic E-state index is 11.3. The number of thiazole rings is 1. The van der Waals surface area contributed by atoms with Crippen LogP contribution in [0, 0.1) is 6.92 Å². The average molecular weight is 277 g/mol. The largest absolute Gasteiger partial charge is 0.464 e. The van der Waals surface area contributed by atoms with E-state index in [-0.39, 0.29) is 0 Å². The Morgan fingerprint density at radius 3 is 2.89 bits per heavy atom. The van der Waals surface area contributed by atoms with Crippen LogP contribution < -0.4 is 4.90 Å². The molecular weight excluding hydrogens is 262 g/mol. The minimum atomic E-state index is -0.412. The van der Waals surface area contributed by atoms with Gasteiger partial charge in [-0.15, -0.1) is 11.3 Å². The highest BCUT2D eigenvalue weighted by molar-refractivity contribution is 7.13. The molecule has 0 fully saturated rings. The fraction of sp³-hybridized carbons (Fsp3) is 0.308. The van der Waals surface area contributed by atoms with Crippen LogP contribution in [0.15, 0.2) is 23.6 Å². The number of anilines is 1. The number of nitrogens with zero attached hydrogens (tertiary/aromatic N) is 3. The van der Waals surface area contributed by atoms with Gasteiger partial charge in [-0.1, -0.05) is 6.07 Å². The number of aryl methyl sites for hydroxylation is 1. The number of rotatable bonds is 4. The number of esters is 1. The smallest absolute Gasteiger partial charge is 0.357 e. The summed E-state index contributed by atoms with van der Waals surface area (Å²) in [6, 6.07) is 5.91. The van der Waals surface area contributed by atoms with Gasteiger partial charge in [0, 0.05) is 18.1 Å². The van der Waals surface area contributed by atoms with Crippen molar-refractivity contribution in [3.63, 3.8) is 0 Å². The lowest BCUT2D eigenvalue weighted by atomic mass is 10.3. The molecule has 0 radical (unpaired) electrons. The van der Waals surface area contributed by atoms with Gasteiger partial charge < -0.3 is 9.64 Å². The highest BCUT2D eigenvalue weighted by Gasteiger charge is 2.13. The Bertz CT molecular complexity index is 583. The van der Waals surface area contributed by atoms with Crippen molar-refractivity contribution in [3.8, 4) is 0 Å². The zero-order valence-corrected chi connectivity index (χ0v) is 11.9. The van der Waals surface area contributed by atoms with Gasteiger partial charge >= 0.3 is 5.97 Å². The molecule has 0 aromatic carbocycles. The number of carbonyl (C=O) groups is 1. The summed E-state index contributed by atoms with van der Waals surface area (Å²) in [5, 5.41) is 2.46. The van der Waals surface area contributed by atoms with Gasteiger partial charge in [0.2, 0.25) is 0 Å². The summed E-state index contributed by atoms with van der Waals surface area (Å²) in [6.07, 6.45) is 0. The third-order valence-electron chi connectivity index (χ3n) is 2.56. The zero-order valence-electron chi connectivity index (χ0n) is 11.1. The van der Waals surface area contributed by atoms with Crippen molar-refractivity contribution >= 4 is 22.4 Å². The molecular formula is C13H15N3O2S. The van der Waals surface area contributed by atoms with Crippen LogP contribution in [0.25, 0.3) is 0 Å². The van der Waals surface area contributed by atoms with Crippen LogP contribution in [-0.2, 0) is 11.3 Å². The van der Waals surface area contributed by atoms with Crippen LogP contribution in [0.4, 0.5) is 5.13 Å². The molecule has 2 heterocycles. The maximum Gasteiger partial charge on any atom is 0.357 e. The first-order valence-electron chi connectivity index (χ1n) is 5.77. The molecule has 0 saturated heterocycles. The van der Waals surface area contributed by atoms with Crippen molar-refractivity contribution in [3.05, 3.63) is 40.7 Å². The first kappa shape index (κ1) is 13.5. The van der Waals surface area contributed by atoms with Crippen molar-refractivity contribution in [1.29, 1.82) is 0 Å². The number of aromatic nitrogens is 2. The number of ether oxygens (including phenoxy) is 1. The van der Waals surface area contributed by atoms with Gasteiger partial charge in [0.1, 0.15) is 0 Å². The molecule has 2 rings (SSSR count). The Hall–Kier alpha value is -1.95. The van der Waals surface area contributed by atoms with E-state index >= 15 is 0 Å². The van der Waals surface area contributed by atoms with Gasteiger partial charge in [0.25, 0.3) is 0 Å². The highest BCUT2D eigenvalue weighted by atomic mass is 32.1. The SMILES string of the molecule is COC(=O)c1csc(N(C)Cc2cccc(C)n2)n1. The molecule has 100 valence electrons. The van der Waals surface area contributed by atoms with Gasteiger partial charge in [0.05, 0.1) is 19.3 Å². The molecule has 0 aliphatic carbocycles. The predicted molar refractivity (Wildman–Crippen MR) is 74.5 cm³/mol. The fourth-order valence-corrected chi connectivity index (χ4v) is 2.40. The molecule has 0 aliphatic heterocycles. The summed E-state index contributed by atoms with van der Waals surface area (Å²) in [4.78, 5) is 22.0. The lowest BCUT2D eigenvalue weighted by Crippen LogP contribution is -2.17. The number of carbonyl (C=O) groups excluding carboxylic acids is 1. The quantitative estimate of drug-likeness (QED) is 0.802. The van der Waals surface area contributed by atoms with Crippen molar-refractivity contribution < 1.29 is 9.53 Å². The molecule has 0 aliphatic rings. The molecule has 2 aromatic heterocycles. The molecule has 19 heavy (non-hydrogen) atoms. The molecule has 0 bridgehead atoms. The number of pyridine rings is 1. The highest BCUT2D eigenvalue weighted by Crippen LogP contribution is 2.21. The van der Waals surface area contributed by atoms with Gasteiger partial charge in [0.15, 0.2) is 10.8 Å². The first-order chi connectivity index (χ1) is 9.10. The number of hydrogen-bond donors (Lipinski definition) is 0. The van der Waals surface area contributed by atoms with Crippen LogP contribution in [0.5, 0.6) is 0 Å². The van der Waals surface area contributed by atoms with Gasteiger partial charge in [-0.2, -0.15) is 0 Å². The van der Waals surface area contributed by atoms with Crippen LogP contribution in [0.1, 0.15) is 21.9 Å². The van der Waals surface area contributed by atoms with E-state index in [1.165, 1.54) is 18.4 Å². The molecule has 0 saturated carbocycles. The van der Waals surface area contributed by atoms with Crippen LogP contribution in [0.3, 0.4) is 0 Å². The Morgan fingerprint density at radius 2 is 2.21 bits per heavy atom. The summed E-state index contributed by atoms with van der Waals surface area (Å²) in [5.74, 6) is -0.412. The topological polar surface area (TPSA) is 55.3 Å². The summed E-state index contributed by atoms with van der Waals surface area (Å²) in [6.45, 7) is 2.61. The Kier molecular flexibility index (Phi) is 4.11. The van der Waals surface area contributed by atoms with E-state index < -0.39 is 5.97 Å². The van der Waals surface area contributed by atoms with Crippen LogP contribution in [0.2, 0.25) is 0 Å². The van der Waals surface area contributed by atoms with Crippen LogP contribution >= 0.6 is 11.3 Å². The lowest BCUT2D eigenvalue weighted by Gasteiger charge is -2.15. The molecule has 0 atom stereocenters. The zero-order chi connectivity index (χ0) is 13.8. The average Bonchev–Trinajstić information content (AvgIpc) is 2.87. The van der Waals surface area contributed by atoms with E-state index in [0.29, 0.717) is 12.2 Å². The Labute approximate surface area is 115 Å². The van der Waals surface area contributed by atoms with Crippen molar-refractivity contribution in [2.45, 2.75) is 13.5 Å². The van der Waals surface area contributed by atoms with Gasteiger partial charge in [-0.05, 0) is 19.1 Å². The number of hydrogen-bond acceptors (Lipinski definition) is 6. The van der Waals surface area contributed by atoms with Crippen molar-refractivity contribution in [1.82, 2.24) is 9.97 Å². The summed E-state index contributed by atoms with van der Waals surface area (Å²) < 4.78 is 4.64. The van der Waals surface area contributed by atoms with Crippen molar-refractivity contribution in [2.75, 3.05) is 19.1 Å². The second-order valence-electron chi connectivity index (χ2n) is 4.13. The maximum absolute atomic E-state index is 11.3. The second kappa shape index (κ2) is 5.79. The molecule has 0 unspecified atom stereocenters. The Balaban J connectivity index is 2.09. The van der Waals surface area contributed by atoms with E-state index in [9.17, 15) is 4.79 Å². The first-order valence-corrected chi connectivity index (χ1v) is 6.65. The van der Waals surface area contributed by atoms with E-state index in [4.69, 9.17) is 0 Å². The van der Waals surface area contributed by atoms with E-state index in [1.54, 1.807) is 5.38 Å². The molecule has 2 aromatic rings. The fourth-order valence-electron chi connectivity index (χ4n) is 1.64. The normalized spacial score (nSPS) is 10.3. The Morgan fingerprint density at radius 1 is 1.42 bits per heavy atom. The lowest BCUT2D eigenvalue weighted by molar-refractivity contribution is 0.0595. The number of methoxy groups -OCH3 is 1.